The average Bonchev–Trinajstić information content (AvgIpc) is 2.36. The molecular formula is C16H22F3NO. The molecule has 118 valence electrons. The number of nitrogens with one attached hydrogen (secondary N) is 1. The van der Waals surface area contributed by atoms with Crippen molar-refractivity contribution in [2.24, 2.45) is 5.92 Å². The lowest BCUT2D eigenvalue weighted by Crippen LogP contribution is -2.49. The van der Waals surface area contributed by atoms with Crippen LogP contribution in [-0.2, 0) is 10.9 Å². The van der Waals surface area contributed by atoms with Crippen LogP contribution in [0.3, 0.4) is 0 Å². The van der Waals surface area contributed by atoms with Crippen LogP contribution in [0.2, 0.25) is 0 Å². The third kappa shape index (κ3) is 3.98. The van der Waals surface area contributed by atoms with Gasteiger partial charge in [0.25, 0.3) is 0 Å². The van der Waals surface area contributed by atoms with E-state index in [2.05, 4.69) is 19.2 Å². The fraction of sp³-hybridized carbons (Fsp3) is 0.625. The van der Waals surface area contributed by atoms with Crippen molar-refractivity contribution in [3.05, 3.63) is 35.4 Å². The van der Waals surface area contributed by atoms with Gasteiger partial charge in [-0.05, 0) is 30.9 Å². The summed E-state index contributed by atoms with van der Waals surface area (Å²) in [6.07, 6.45) is -4.11. The maximum absolute atomic E-state index is 13.1. The quantitative estimate of drug-likeness (QED) is 0.904. The summed E-state index contributed by atoms with van der Waals surface area (Å²) in [5, 5.41) is 3.22. The first-order valence-corrected chi connectivity index (χ1v) is 7.26. The first-order chi connectivity index (χ1) is 9.71. The van der Waals surface area contributed by atoms with E-state index in [1.165, 1.54) is 12.1 Å². The fourth-order valence-corrected chi connectivity index (χ4v) is 3.09. The van der Waals surface area contributed by atoms with Crippen LogP contribution >= 0.6 is 0 Å². The van der Waals surface area contributed by atoms with Gasteiger partial charge < -0.3 is 10.1 Å². The highest BCUT2D eigenvalue weighted by molar-refractivity contribution is 5.32. The molecule has 1 saturated heterocycles. The smallest absolute Gasteiger partial charge is 0.365 e. The molecule has 2 atom stereocenters. The van der Waals surface area contributed by atoms with Gasteiger partial charge in [-0.1, -0.05) is 32.0 Å². The highest BCUT2D eigenvalue weighted by Gasteiger charge is 2.39. The number of hydrogen-bond acceptors (Lipinski definition) is 2. The zero-order valence-corrected chi connectivity index (χ0v) is 12.6. The number of morpholine rings is 1. The van der Waals surface area contributed by atoms with Crippen LogP contribution in [0, 0.1) is 5.92 Å². The molecule has 0 bridgehead atoms. The first kappa shape index (κ1) is 16.3. The Morgan fingerprint density at radius 1 is 1.33 bits per heavy atom. The summed E-state index contributed by atoms with van der Waals surface area (Å²) in [5.74, 6) is 0.424. The third-order valence-corrected chi connectivity index (χ3v) is 3.71. The van der Waals surface area contributed by atoms with Crippen LogP contribution < -0.4 is 5.32 Å². The molecule has 1 aliphatic rings. The molecule has 2 nitrogen and oxygen atoms in total. The van der Waals surface area contributed by atoms with E-state index in [4.69, 9.17) is 4.74 Å². The van der Waals surface area contributed by atoms with Crippen molar-refractivity contribution >= 4 is 0 Å². The van der Waals surface area contributed by atoms with E-state index in [-0.39, 0.29) is 5.56 Å². The van der Waals surface area contributed by atoms with Crippen molar-refractivity contribution in [3.63, 3.8) is 0 Å². The van der Waals surface area contributed by atoms with E-state index >= 15 is 0 Å². The Balaban J connectivity index is 2.26. The second-order valence-corrected chi connectivity index (χ2v) is 6.37. The van der Waals surface area contributed by atoms with Gasteiger partial charge in [-0.3, -0.25) is 0 Å². The number of ether oxygens (including phenoxy) is 1. The Bertz CT molecular complexity index is 487. The molecule has 1 aliphatic heterocycles. The molecule has 0 amide bonds. The summed E-state index contributed by atoms with van der Waals surface area (Å²) in [7, 11) is 0. The molecule has 1 N–H and O–H groups in total. The van der Waals surface area contributed by atoms with Crippen molar-refractivity contribution in [3.8, 4) is 0 Å². The molecule has 1 aromatic rings. The standard InChI is InChI=1S/C16H22F3NO/c1-11(2)8-15(3)10-20-9-14(21-15)12-6-4-5-7-13(12)16(17,18)19/h4-7,11,14,20H,8-10H2,1-3H3. The molecule has 21 heavy (non-hydrogen) atoms. The van der Waals surface area contributed by atoms with Gasteiger partial charge in [0.05, 0.1) is 17.3 Å². The van der Waals surface area contributed by atoms with Crippen LogP contribution in [0.1, 0.15) is 44.4 Å². The van der Waals surface area contributed by atoms with E-state index in [1.807, 2.05) is 6.92 Å². The van der Waals surface area contributed by atoms with Crippen LogP contribution in [0.15, 0.2) is 24.3 Å². The molecule has 1 aromatic carbocycles. The minimum atomic E-state index is -4.36. The van der Waals surface area contributed by atoms with Crippen molar-refractivity contribution in [1.82, 2.24) is 5.32 Å². The van der Waals surface area contributed by atoms with Gasteiger partial charge in [0, 0.05) is 13.1 Å². The predicted molar refractivity (Wildman–Crippen MR) is 76.0 cm³/mol. The Morgan fingerprint density at radius 3 is 2.62 bits per heavy atom. The molecular weight excluding hydrogens is 279 g/mol. The molecule has 5 heteroatoms. The molecule has 2 unspecified atom stereocenters. The topological polar surface area (TPSA) is 21.3 Å². The summed E-state index contributed by atoms with van der Waals surface area (Å²) in [6, 6.07) is 5.67. The molecule has 0 saturated carbocycles. The van der Waals surface area contributed by atoms with Gasteiger partial charge in [0.1, 0.15) is 0 Å². The number of alkyl halides is 3. The van der Waals surface area contributed by atoms with E-state index in [9.17, 15) is 13.2 Å². The molecule has 0 aromatic heterocycles. The van der Waals surface area contributed by atoms with Crippen molar-refractivity contribution in [2.45, 2.75) is 45.1 Å². The predicted octanol–water partition coefficient (Wildman–Crippen LogP) is 4.17. The second kappa shape index (κ2) is 5.97. The lowest BCUT2D eigenvalue weighted by Gasteiger charge is -2.41. The molecule has 2 rings (SSSR count). The summed E-state index contributed by atoms with van der Waals surface area (Å²) in [4.78, 5) is 0. The number of rotatable bonds is 3. The largest absolute Gasteiger partial charge is 0.416 e. The van der Waals surface area contributed by atoms with Crippen LogP contribution in [0.25, 0.3) is 0 Å². The zero-order valence-electron chi connectivity index (χ0n) is 12.6. The van der Waals surface area contributed by atoms with Crippen LogP contribution in [0.4, 0.5) is 13.2 Å². The Hall–Kier alpha value is -1.07. The lowest BCUT2D eigenvalue weighted by molar-refractivity contribution is -0.146. The minimum absolute atomic E-state index is 0.215. The number of hydrogen-bond donors (Lipinski definition) is 1. The van der Waals surface area contributed by atoms with Crippen LogP contribution in [0.5, 0.6) is 0 Å². The fourth-order valence-electron chi connectivity index (χ4n) is 3.09. The van der Waals surface area contributed by atoms with E-state index in [0.717, 1.165) is 12.5 Å². The summed E-state index contributed by atoms with van der Waals surface area (Å²) in [5.41, 5.74) is -0.826. The molecule has 0 aliphatic carbocycles. The monoisotopic (exact) mass is 301 g/mol. The van der Waals surface area contributed by atoms with Gasteiger partial charge in [-0.2, -0.15) is 13.2 Å². The zero-order chi connectivity index (χ0) is 15.7. The third-order valence-electron chi connectivity index (χ3n) is 3.71. The van der Waals surface area contributed by atoms with Crippen molar-refractivity contribution < 1.29 is 17.9 Å². The van der Waals surface area contributed by atoms with Crippen LogP contribution in [-0.4, -0.2) is 18.7 Å². The highest BCUT2D eigenvalue weighted by Crippen LogP contribution is 2.38. The Kier molecular flexibility index (Phi) is 4.63. The van der Waals surface area contributed by atoms with Gasteiger partial charge in [-0.15, -0.1) is 0 Å². The van der Waals surface area contributed by atoms with E-state index in [1.54, 1.807) is 6.07 Å². The van der Waals surface area contributed by atoms with Gasteiger partial charge >= 0.3 is 6.18 Å². The second-order valence-electron chi connectivity index (χ2n) is 6.37. The normalized spacial score (nSPS) is 27.1. The average molecular weight is 301 g/mol. The molecule has 1 fully saturated rings. The molecule has 0 radical (unpaired) electrons. The highest BCUT2D eigenvalue weighted by atomic mass is 19.4. The van der Waals surface area contributed by atoms with E-state index < -0.39 is 23.4 Å². The first-order valence-electron chi connectivity index (χ1n) is 7.26. The summed E-state index contributed by atoms with van der Waals surface area (Å²) in [6.45, 7) is 7.20. The SMILES string of the molecule is CC(C)CC1(C)CNCC(c2ccccc2C(F)(F)F)O1. The maximum atomic E-state index is 13.1. The van der Waals surface area contributed by atoms with Gasteiger partial charge in [-0.25, -0.2) is 0 Å². The number of halogens is 3. The lowest BCUT2D eigenvalue weighted by atomic mass is 9.91. The number of benzene rings is 1. The summed E-state index contributed by atoms with van der Waals surface area (Å²) >= 11 is 0. The maximum Gasteiger partial charge on any atom is 0.416 e. The molecule has 0 spiro atoms. The minimum Gasteiger partial charge on any atom is -0.365 e. The summed E-state index contributed by atoms with van der Waals surface area (Å²) < 4.78 is 45.4. The van der Waals surface area contributed by atoms with Gasteiger partial charge in [0.15, 0.2) is 0 Å². The molecule has 1 heterocycles. The Labute approximate surface area is 123 Å². The van der Waals surface area contributed by atoms with Gasteiger partial charge in [0.2, 0.25) is 0 Å². The van der Waals surface area contributed by atoms with E-state index in [0.29, 0.717) is 19.0 Å². The van der Waals surface area contributed by atoms with Crippen molar-refractivity contribution in [2.75, 3.05) is 13.1 Å². The Morgan fingerprint density at radius 2 is 2.00 bits per heavy atom. The van der Waals surface area contributed by atoms with Crippen molar-refractivity contribution in [1.29, 1.82) is 0 Å².